The van der Waals surface area contributed by atoms with E-state index in [1.165, 1.54) is 0 Å². The Morgan fingerprint density at radius 1 is 1.43 bits per heavy atom. The molecule has 7 heavy (non-hydrogen) atoms. The van der Waals surface area contributed by atoms with Crippen molar-refractivity contribution in [1.29, 1.82) is 0 Å². The zero-order valence-electron chi connectivity index (χ0n) is 3.58. The molecule has 0 aliphatic carbocycles. The van der Waals surface area contributed by atoms with Crippen LogP contribution in [0.25, 0.3) is 0 Å². The molecule has 5 nitrogen and oxygen atoms in total. The van der Waals surface area contributed by atoms with E-state index in [1.54, 1.807) is 0 Å². The molecule has 0 aromatic carbocycles. The van der Waals surface area contributed by atoms with E-state index in [2.05, 4.69) is 0 Å². The standard InChI is InChI=1S/Na.H2O4Se.H2O/c;1-5(2,3)4;/h;(H2,1,2,3,4);1H2/q+1;;/p-1. The SMILES string of the molecule is O.O=[Se](=O)([O-])O.[Na+]. The van der Waals surface area contributed by atoms with Gasteiger partial charge in [-0.3, -0.25) is 0 Å². The summed E-state index contributed by atoms with van der Waals surface area (Å²) in [5, 5.41) is 0. The zero-order chi connectivity index (χ0) is 4.50. The normalized spacial score (nSPS) is 8.29. The summed E-state index contributed by atoms with van der Waals surface area (Å²) in [4.78, 5) is 0. The number of hydrogen-bond donors (Lipinski definition) is 1. The van der Waals surface area contributed by atoms with Gasteiger partial charge < -0.3 is 5.48 Å². The minimum absolute atomic E-state index is 0. The first-order valence-electron chi connectivity index (χ1n) is 0.683. The topological polar surface area (TPSA) is 109 Å². The van der Waals surface area contributed by atoms with Crippen LogP contribution in [0.4, 0.5) is 0 Å². The monoisotopic (exact) mass is 186 g/mol. The molecule has 7 heteroatoms. The summed E-state index contributed by atoms with van der Waals surface area (Å²) in [6.07, 6.45) is 0. The van der Waals surface area contributed by atoms with Crippen LogP contribution < -0.4 is 33.7 Å². The maximum absolute atomic E-state index is 8.70. The molecule has 0 fully saturated rings. The van der Waals surface area contributed by atoms with Gasteiger partial charge in [-0.05, 0) is 0 Å². The van der Waals surface area contributed by atoms with E-state index in [4.69, 9.17) is 16.0 Å². The Balaban J connectivity index is -0.0000000800. The number of hydrogen-bond acceptors (Lipinski definition) is 3. The fourth-order valence-electron chi connectivity index (χ4n) is 0. The van der Waals surface area contributed by atoms with Crippen molar-refractivity contribution in [3.05, 3.63) is 0 Å². The summed E-state index contributed by atoms with van der Waals surface area (Å²) >= 11 is -5.50. The third-order valence-electron chi connectivity index (χ3n) is 0. The van der Waals surface area contributed by atoms with Gasteiger partial charge in [-0.25, -0.2) is 0 Å². The first kappa shape index (κ1) is 15.7. The molecule has 0 radical (unpaired) electrons. The van der Waals surface area contributed by atoms with Crippen molar-refractivity contribution in [3.8, 4) is 0 Å². The summed E-state index contributed by atoms with van der Waals surface area (Å²) in [6, 6.07) is 0. The predicted molar refractivity (Wildman–Crippen MR) is 13.0 cm³/mol. The molecule has 0 heterocycles. The van der Waals surface area contributed by atoms with Gasteiger partial charge in [0.05, 0.1) is 0 Å². The Hall–Kier alpha value is 0.999. The Morgan fingerprint density at radius 2 is 1.43 bits per heavy atom. The minimum Gasteiger partial charge on any atom is 1.00 e. The Labute approximate surface area is 64.2 Å². The van der Waals surface area contributed by atoms with Gasteiger partial charge in [0.25, 0.3) is 0 Å². The molecule has 0 rings (SSSR count). The first-order chi connectivity index (χ1) is 2.00. The van der Waals surface area contributed by atoms with Crippen molar-refractivity contribution in [3.63, 3.8) is 0 Å². The van der Waals surface area contributed by atoms with Gasteiger partial charge in [-0.1, -0.05) is 0 Å². The molecule has 0 unspecified atom stereocenters. The van der Waals surface area contributed by atoms with Gasteiger partial charge in [0, 0.05) is 0 Å². The van der Waals surface area contributed by atoms with Crippen LogP contribution in [-0.2, 0) is 7.67 Å². The van der Waals surface area contributed by atoms with E-state index in [9.17, 15) is 0 Å². The molecule has 0 saturated carbocycles. The van der Waals surface area contributed by atoms with Crippen LogP contribution in [0.15, 0.2) is 0 Å². The third kappa shape index (κ3) is 175. The van der Waals surface area contributed by atoms with E-state index in [0.29, 0.717) is 0 Å². The fraction of sp³-hybridized carbons (Fsp3) is 0. The summed E-state index contributed by atoms with van der Waals surface area (Å²) in [7, 11) is 0. The fourth-order valence-corrected chi connectivity index (χ4v) is 0. The molecule has 0 spiro atoms. The van der Waals surface area contributed by atoms with Gasteiger partial charge in [0.15, 0.2) is 0 Å². The molecule has 40 valence electrons. The largest absolute Gasteiger partial charge is 1.00 e. The molecule has 0 amide bonds. The average Bonchev–Trinajstić information content (AvgIpc) is 0.722. The Bertz CT molecular complexity index is 91.2. The third-order valence-corrected chi connectivity index (χ3v) is 0. The van der Waals surface area contributed by atoms with E-state index < -0.39 is 13.4 Å². The Kier molecular flexibility index (Phi) is 11.5. The van der Waals surface area contributed by atoms with Crippen molar-refractivity contribution in [2.24, 2.45) is 0 Å². The first-order valence-corrected chi connectivity index (χ1v) is 3.55. The number of rotatable bonds is 0. The summed E-state index contributed by atoms with van der Waals surface area (Å²) < 4.78 is 33.1. The van der Waals surface area contributed by atoms with E-state index in [-0.39, 0.29) is 35.0 Å². The zero-order valence-corrected chi connectivity index (χ0v) is 7.29. The van der Waals surface area contributed by atoms with Gasteiger partial charge in [0.2, 0.25) is 0 Å². The molecule has 0 aliphatic rings. The van der Waals surface area contributed by atoms with Crippen LogP contribution >= 0.6 is 0 Å². The maximum Gasteiger partial charge on any atom is 1.00 e. The molecule has 0 aromatic rings. The van der Waals surface area contributed by atoms with Crippen LogP contribution in [-0.4, -0.2) is 23.0 Å². The van der Waals surface area contributed by atoms with Crippen molar-refractivity contribution >= 4 is 13.4 Å². The Morgan fingerprint density at radius 3 is 1.43 bits per heavy atom. The summed E-state index contributed by atoms with van der Waals surface area (Å²) in [6.45, 7) is 0. The molecule has 0 aromatic heterocycles. The second-order valence-electron chi connectivity index (χ2n) is 0.428. The van der Waals surface area contributed by atoms with Crippen LogP contribution in [0.5, 0.6) is 0 Å². The summed E-state index contributed by atoms with van der Waals surface area (Å²) in [5.41, 5.74) is 0. The van der Waals surface area contributed by atoms with Crippen molar-refractivity contribution < 1.29 is 51.1 Å². The van der Waals surface area contributed by atoms with Crippen LogP contribution in [0, 0.1) is 0 Å². The second-order valence-corrected chi connectivity index (χ2v) is 2.22. The van der Waals surface area contributed by atoms with Gasteiger partial charge in [-0.15, -0.1) is 0 Å². The predicted octanol–water partition coefficient (Wildman–Crippen LogP) is -6.19. The van der Waals surface area contributed by atoms with Crippen LogP contribution in [0.3, 0.4) is 0 Å². The van der Waals surface area contributed by atoms with Crippen molar-refractivity contribution in [2.45, 2.75) is 0 Å². The second kappa shape index (κ2) is 5.14. The van der Waals surface area contributed by atoms with Crippen LogP contribution in [0.1, 0.15) is 0 Å². The maximum atomic E-state index is 8.70. The van der Waals surface area contributed by atoms with E-state index in [0.717, 1.165) is 0 Å². The van der Waals surface area contributed by atoms with Gasteiger partial charge in [0.1, 0.15) is 0 Å². The molecule has 0 saturated heterocycles. The quantitative estimate of drug-likeness (QED) is 0.378. The van der Waals surface area contributed by atoms with E-state index in [1.807, 2.05) is 0 Å². The molecule has 3 N–H and O–H groups in total. The minimum atomic E-state index is -5.50. The molecule has 0 atom stereocenters. The molecule has 0 bridgehead atoms. The molecular formula is H3NaO5Se. The van der Waals surface area contributed by atoms with E-state index >= 15 is 0 Å². The molecular weight excluding hydrogens is 182 g/mol. The van der Waals surface area contributed by atoms with Gasteiger partial charge in [-0.2, -0.15) is 0 Å². The van der Waals surface area contributed by atoms with Crippen LogP contribution in [0.2, 0.25) is 0 Å². The summed E-state index contributed by atoms with van der Waals surface area (Å²) in [5.74, 6) is 0. The van der Waals surface area contributed by atoms with Gasteiger partial charge >= 0.3 is 59.0 Å². The smallest absolute Gasteiger partial charge is 1.00 e. The van der Waals surface area contributed by atoms with Crippen molar-refractivity contribution in [1.82, 2.24) is 0 Å². The average molecular weight is 185 g/mol. The van der Waals surface area contributed by atoms with Crippen molar-refractivity contribution in [2.75, 3.05) is 0 Å². The molecule has 0 aliphatic heterocycles.